The van der Waals surface area contributed by atoms with Crippen LogP contribution in [0.4, 0.5) is 8.78 Å². The maximum absolute atomic E-state index is 11.9. The minimum absolute atomic E-state index is 0.0145. The lowest BCUT2D eigenvalue weighted by Gasteiger charge is -2.06. The van der Waals surface area contributed by atoms with Gasteiger partial charge in [0.05, 0.1) is 5.56 Å². The van der Waals surface area contributed by atoms with Crippen molar-refractivity contribution >= 4 is 17.7 Å². The van der Waals surface area contributed by atoms with Crippen molar-refractivity contribution in [2.45, 2.75) is 6.61 Å². The second kappa shape index (κ2) is 7.11. The van der Waals surface area contributed by atoms with Crippen LogP contribution in [0.3, 0.4) is 0 Å². The summed E-state index contributed by atoms with van der Waals surface area (Å²) in [5.74, 6) is 0.265. The van der Waals surface area contributed by atoms with E-state index in [9.17, 15) is 13.6 Å². The first-order valence-electron chi connectivity index (χ1n) is 4.84. The van der Waals surface area contributed by atoms with Crippen molar-refractivity contribution in [1.29, 1.82) is 0 Å². The van der Waals surface area contributed by atoms with Gasteiger partial charge in [-0.3, -0.25) is 0 Å². The van der Waals surface area contributed by atoms with Gasteiger partial charge in [-0.1, -0.05) is 0 Å². The molecule has 0 aromatic heterocycles. The second-order valence-electron chi connectivity index (χ2n) is 3.03. The van der Waals surface area contributed by atoms with Crippen molar-refractivity contribution in [3.8, 4) is 5.75 Å². The molecule has 0 saturated carbocycles. The molecule has 0 aliphatic heterocycles. The predicted octanol–water partition coefficient (Wildman–Crippen LogP) is 2.81. The predicted molar refractivity (Wildman–Crippen MR) is 61.7 cm³/mol. The van der Waals surface area contributed by atoms with Crippen LogP contribution in [0.2, 0.25) is 0 Å². The third-order valence-corrected chi connectivity index (χ3v) is 2.41. The Hall–Kier alpha value is -1.30. The largest absolute Gasteiger partial charge is 0.461 e. The summed E-state index contributed by atoms with van der Waals surface area (Å²) in [6.07, 6.45) is 1.91. The summed E-state index contributed by atoms with van der Waals surface area (Å²) in [5.41, 5.74) is 0.313. The fourth-order valence-electron chi connectivity index (χ4n) is 1.07. The maximum atomic E-state index is 11.9. The van der Waals surface area contributed by atoms with Crippen molar-refractivity contribution in [3.63, 3.8) is 0 Å². The molecule has 0 aliphatic rings. The third-order valence-electron chi connectivity index (χ3n) is 1.84. The van der Waals surface area contributed by atoms with Gasteiger partial charge in [-0.05, 0) is 30.5 Å². The number of hydrogen-bond acceptors (Lipinski definition) is 4. The van der Waals surface area contributed by atoms with Gasteiger partial charge in [-0.15, -0.1) is 0 Å². The van der Waals surface area contributed by atoms with Crippen LogP contribution in [0.15, 0.2) is 24.3 Å². The maximum Gasteiger partial charge on any atom is 0.387 e. The summed E-state index contributed by atoms with van der Waals surface area (Å²) in [6.45, 7) is -2.54. The lowest BCUT2D eigenvalue weighted by Crippen LogP contribution is -2.08. The SMILES string of the molecule is CSCCOC(=O)c1ccc(OC(F)F)cc1. The molecule has 1 rings (SSSR count). The van der Waals surface area contributed by atoms with Crippen molar-refractivity contribution in [2.75, 3.05) is 18.6 Å². The number of ether oxygens (including phenoxy) is 2. The number of rotatable bonds is 6. The first-order chi connectivity index (χ1) is 8.13. The first-order valence-corrected chi connectivity index (χ1v) is 6.24. The van der Waals surface area contributed by atoms with Crippen molar-refractivity contribution in [2.24, 2.45) is 0 Å². The van der Waals surface area contributed by atoms with Crippen LogP contribution in [0, 0.1) is 0 Å². The average Bonchev–Trinajstić information content (AvgIpc) is 2.29. The van der Waals surface area contributed by atoms with Crippen LogP contribution in [-0.4, -0.2) is 31.2 Å². The number of carbonyl (C=O) groups is 1. The van der Waals surface area contributed by atoms with E-state index in [1.807, 2.05) is 6.26 Å². The molecule has 0 bridgehead atoms. The Kier molecular flexibility index (Phi) is 5.76. The number of thioether (sulfide) groups is 1. The molecule has 0 heterocycles. The van der Waals surface area contributed by atoms with Gasteiger partial charge < -0.3 is 9.47 Å². The topological polar surface area (TPSA) is 35.5 Å². The van der Waals surface area contributed by atoms with E-state index in [4.69, 9.17) is 4.74 Å². The highest BCUT2D eigenvalue weighted by Gasteiger charge is 2.08. The summed E-state index contributed by atoms with van der Waals surface area (Å²) in [4.78, 5) is 11.4. The molecule has 3 nitrogen and oxygen atoms in total. The highest BCUT2D eigenvalue weighted by atomic mass is 32.2. The molecule has 0 radical (unpaired) electrons. The summed E-state index contributed by atoms with van der Waals surface area (Å²) in [6, 6.07) is 5.38. The van der Waals surface area contributed by atoms with Crippen molar-refractivity contribution in [1.82, 2.24) is 0 Å². The van der Waals surface area contributed by atoms with E-state index in [2.05, 4.69) is 4.74 Å². The summed E-state index contributed by atoms with van der Waals surface area (Å²) < 4.78 is 32.8. The van der Waals surface area contributed by atoms with Crippen LogP contribution in [0.25, 0.3) is 0 Å². The zero-order valence-corrected chi connectivity index (χ0v) is 10.0. The van der Waals surface area contributed by atoms with E-state index in [-0.39, 0.29) is 5.75 Å². The Bertz CT molecular complexity index is 354. The Morgan fingerprint density at radius 1 is 1.35 bits per heavy atom. The molecular formula is C11H12F2O3S. The quantitative estimate of drug-likeness (QED) is 0.583. The fourth-order valence-corrected chi connectivity index (χ4v) is 1.32. The minimum Gasteiger partial charge on any atom is -0.461 e. The average molecular weight is 262 g/mol. The van der Waals surface area contributed by atoms with E-state index in [1.54, 1.807) is 11.8 Å². The molecular weight excluding hydrogens is 250 g/mol. The highest BCUT2D eigenvalue weighted by Crippen LogP contribution is 2.15. The Balaban J connectivity index is 2.52. The van der Waals surface area contributed by atoms with Crippen LogP contribution >= 0.6 is 11.8 Å². The molecule has 17 heavy (non-hydrogen) atoms. The van der Waals surface area contributed by atoms with Crippen molar-refractivity contribution in [3.05, 3.63) is 29.8 Å². The molecule has 0 saturated heterocycles. The zero-order chi connectivity index (χ0) is 12.7. The molecule has 0 fully saturated rings. The molecule has 0 N–H and O–H groups in total. The van der Waals surface area contributed by atoms with Gasteiger partial charge >= 0.3 is 12.6 Å². The smallest absolute Gasteiger partial charge is 0.387 e. The number of halogens is 2. The van der Waals surface area contributed by atoms with Gasteiger partial charge in [0.2, 0.25) is 0 Å². The number of carbonyl (C=O) groups excluding carboxylic acids is 1. The fraction of sp³-hybridized carbons (Fsp3) is 0.364. The molecule has 94 valence electrons. The minimum atomic E-state index is -2.87. The zero-order valence-electron chi connectivity index (χ0n) is 9.19. The van der Waals surface area contributed by atoms with E-state index in [1.165, 1.54) is 24.3 Å². The van der Waals surface area contributed by atoms with Crippen LogP contribution in [-0.2, 0) is 4.74 Å². The van der Waals surface area contributed by atoms with E-state index < -0.39 is 12.6 Å². The molecule has 0 aliphatic carbocycles. The molecule has 0 amide bonds. The van der Waals surface area contributed by atoms with Gasteiger partial charge in [0.25, 0.3) is 0 Å². The standard InChI is InChI=1S/C11H12F2O3S/c1-17-7-6-15-10(14)8-2-4-9(5-3-8)16-11(12)13/h2-5,11H,6-7H2,1H3. The van der Waals surface area contributed by atoms with Gasteiger partial charge in [-0.25, -0.2) is 4.79 Å². The lowest BCUT2D eigenvalue weighted by molar-refractivity contribution is -0.0498. The van der Waals surface area contributed by atoms with Gasteiger partial charge in [0, 0.05) is 5.75 Å². The summed E-state index contributed by atoms with van der Waals surface area (Å²) in [7, 11) is 0. The number of hydrogen-bond donors (Lipinski definition) is 0. The Morgan fingerprint density at radius 3 is 2.53 bits per heavy atom. The molecule has 0 unspecified atom stereocenters. The Morgan fingerprint density at radius 2 is 2.00 bits per heavy atom. The molecule has 0 spiro atoms. The normalized spacial score (nSPS) is 10.4. The van der Waals surface area contributed by atoms with Crippen LogP contribution in [0.1, 0.15) is 10.4 Å². The van der Waals surface area contributed by atoms with E-state index in [0.717, 1.165) is 5.75 Å². The highest BCUT2D eigenvalue weighted by molar-refractivity contribution is 7.98. The number of benzene rings is 1. The summed E-state index contributed by atoms with van der Waals surface area (Å²) in [5, 5.41) is 0. The van der Waals surface area contributed by atoms with Crippen LogP contribution in [0.5, 0.6) is 5.75 Å². The third kappa shape index (κ3) is 5.04. The van der Waals surface area contributed by atoms with Gasteiger partial charge in [0.1, 0.15) is 12.4 Å². The molecule has 1 aromatic rings. The monoisotopic (exact) mass is 262 g/mol. The van der Waals surface area contributed by atoms with Crippen molar-refractivity contribution < 1.29 is 23.0 Å². The molecule has 1 aromatic carbocycles. The number of alkyl halides is 2. The molecule has 0 atom stereocenters. The lowest BCUT2D eigenvalue weighted by atomic mass is 10.2. The van der Waals surface area contributed by atoms with Gasteiger partial charge in [0.15, 0.2) is 0 Å². The Labute approximate surface area is 102 Å². The number of esters is 1. The van der Waals surface area contributed by atoms with E-state index >= 15 is 0 Å². The van der Waals surface area contributed by atoms with E-state index in [0.29, 0.717) is 12.2 Å². The van der Waals surface area contributed by atoms with Gasteiger partial charge in [-0.2, -0.15) is 20.5 Å². The first kappa shape index (κ1) is 13.8. The molecule has 6 heteroatoms. The second-order valence-corrected chi connectivity index (χ2v) is 4.02. The summed E-state index contributed by atoms with van der Waals surface area (Å²) >= 11 is 1.57. The van der Waals surface area contributed by atoms with Crippen LogP contribution < -0.4 is 4.74 Å².